The van der Waals surface area contributed by atoms with Gasteiger partial charge in [0.25, 0.3) is 6.01 Å². The molecule has 0 spiro atoms. The number of anilines is 1. The molecular weight excluding hydrogens is 202 g/mol. The summed E-state index contributed by atoms with van der Waals surface area (Å²) in [6.07, 6.45) is 1.25. The maximum atomic E-state index is 13.4. The fourth-order valence-corrected chi connectivity index (χ4v) is 1.25. The van der Waals surface area contributed by atoms with Crippen LogP contribution in [-0.2, 0) is 0 Å². The summed E-state index contributed by atoms with van der Waals surface area (Å²) in [7, 11) is 0. The Morgan fingerprint density at radius 1 is 1.27 bits per heavy atom. The lowest BCUT2D eigenvalue weighted by atomic mass is 10.1. The molecule has 1 aromatic heterocycles. The Kier molecular flexibility index (Phi) is 2.15. The molecule has 0 unspecified atom stereocenters. The lowest BCUT2D eigenvalue weighted by Crippen LogP contribution is -1.89. The van der Waals surface area contributed by atoms with E-state index in [1.807, 2.05) is 0 Å². The summed E-state index contributed by atoms with van der Waals surface area (Å²) in [5.74, 6) is -0.949. The molecule has 15 heavy (non-hydrogen) atoms. The minimum atomic E-state index is -0.565. The monoisotopic (exact) mass is 210 g/mol. The van der Waals surface area contributed by atoms with Crippen molar-refractivity contribution in [2.24, 2.45) is 0 Å². The highest BCUT2D eigenvalue weighted by Crippen LogP contribution is 2.26. The van der Waals surface area contributed by atoms with E-state index >= 15 is 0 Å². The van der Waals surface area contributed by atoms with Crippen LogP contribution in [0.2, 0.25) is 0 Å². The normalized spacial score (nSPS) is 10.6. The van der Waals surface area contributed by atoms with Gasteiger partial charge in [0, 0.05) is 0 Å². The first-order chi connectivity index (χ1) is 7.08. The molecule has 78 valence electrons. The van der Waals surface area contributed by atoms with E-state index in [0.717, 1.165) is 12.1 Å². The predicted molar refractivity (Wildman–Crippen MR) is 51.0 cm³/mol. The van der Waals surface area contributed by atoms with Crippen molar-refractivity contribution in [1.29, 1.82) is 0 Å². The molecule has 3 nitrogen and oxygen atoms in total. The lowest BCUT2D eigenvalue weighted by Gasteiger charge is -2.01. The number of aryl methyl sites for hydroxylation is 1. The molecule has 0 aliphatic carbocycles. The summed E-state index contributed by atoms with van der Waals surface area (Å²) in [5, 5.41) is 0. The number of rotatable bonds is 1. The average Bonchev–Trinajstić information content (AvgIpc) is 2.58. The van der Waals surface area contributed by atoms with Crippen LogP contribution in [0.3, 0.4) is 0 Å². The van der Waals surface area contributed by atoms with Crippen LogP contribution in [0.25, 0.3) is 11.3 Å². The molecule has 2 N–H and O–H groups in total. The van der Waals surface area contributed by atoms with Gasteiger partial charge in [0.15, 0.2) is 5.76 Å². The van der Waals surface area contributed by atoms with Gasteiger partial charge in [0.1, 0.15) is 11.6 Å². The summed E-state index contributed by atoms with van der Waals surface area (Å²) in [5.41, 5.74) is 5.50. The maximum absolute atomic E-state index is 13.4. The van der Waals surface area contributed by atoms with Gasteiger partial charge in [-0.25, -0.2) is 13.8 Å². The van der Waals surface area contributed by atoms with E-state index in [1.165, 1.54) is 13.1 Å². The SMILES string of the molecule is Cc1cc(F)c(-c2cnc(N)o2)cc1F. The Balaban J connectivity index is 2.58. The maximum Gasteiger partial charge on any atom is 0.292 e. The lowest BCUT2D eigenvalue weighted by molar-refractivity contribution is 0.569. The summed E-state index contributed by atoms with van der Waals surface area (Å²) >= 11 is 0. The van der Waals surface area contributed by atoms with Crippen molar-refractivity contribution in [1.82, 2.24) is 4.98 Å². The van der Waals surface area contributed by atoms with Crippen molar-refractivity contribution in [2.75, 3.05) is 5.73 Å². The van der Waals surface area contributed by atoms with Gasteiger partial charge >= 0.3 is 0 Å². The van der Waals surface area contributed by atoms with Crippen molar-refractivity contribution in [3.63, 3.8) is 0 Å². The van der Waals surface area contributed by atoms with Crippen LogP contribution in [0, 0.1) is 18.6 Å². The summed E-state index contributed by atoms with van der Waals surface area (Å²) < 4.78 is 31.5. The molecule has 0 amide bonds. The zero-order valence-electron chi connectivity index (χ0n) is 7.92. The number of aromatic nitrogens is 1. The van der Waals surface area contributed by atoms with E-state index < -0.39 is 11.6 Å². The highest BCUT2D eigenvalue weighted by Gasteiger charge is 2.12. The van der Waals surface area contributed by atoms with E-state index in [1.54, 1.807) is 0 Å². The van der Waals surface area contributed by atoms with Gasteiger partial charge in [-0.3, -0.25) is 0 Å². The van der Waals surface area contributed by atoms with Crippen molar-refractivity contribution in [3.8, 4) is 11.3 Å². The third kappa shape index (κ3) is 1.68. The van der Waals surface area contributed by atoms with Crippen LogP contribution in [0.15, 0.2) is 22.7 Å². The third-order valence-electron chi connectivity index (χ3n) is 2.04. The molecule has 0 bridgehead atoms. The van der Waals surface area contributed by atoms with Crippen LogP contribution in [-0.4, -0.2) is 4.98 Å². The van der Waals surface area contributed by atoms with Crippen LogP contribution in [0.4, 0.5) is 14.8 Å². The fraction of sp³-hybridized carbons (Fsp3) is 0.100. The highest BCUT2D eigenvalue weighted by atomic mass is 19.1. The van der Waals surface area contributed by atoms with Gasteiger partial charge in [0.05, 0.1) is 11.8 Å². The largest absolute Gasteiger partial charge is 0.424 e. The Morgan fingerprint density at radius 2 is 2.00 bits per heavy atom. The molecule has 0 aliphatic rings. The number of hydrogen-bond donors (Lipinski definition) is 1. The smallest absolute Gasteiger partial charge is 0.292 e. The molecule has 5 heteroatoms. The second-order valence-electron chi connectivity index (χ2n) is 3.14. The van der Waals surface area contributed by atoms with Gasteiger partial charge in [-0.2, -0.15) is 0 Å². The van der Waals surface area contributed by atoms with Crippen LogP contribution in [0.5, 0.6) is 0 Å². The minimum Gasteiger partial charge on any atom is -0.424 e. The number of benzene rings is 1. The summed E-state index contributed by atoms with van der Waals surface area (Å²) in [6.45, 7) is 1.48. The number of nitrogens with zero attached hydrogens (tertiary/aromatic N) is 1. The molecule has 1 heterocycles. The number of oxazole rings is 1. The Labute approximate surface area is 84.5 Å². The fourth-order valence-electron chi connectivity index (χ4n) is 1.25. The molecule has 0 fully saturated rings. The van der Waals surface area contributed by atoms with E-state index in [9.17, 15) is 8.78 Å². The van der Waals surface area contributed by atoms with E-state index in [-0.39, 0.29) is 22.9 Å². The minimum absolute atomic E-state index is 0.0160. The average molecular weight is 210 g/mol. The van der Waals surface area contributed by atoms with Gasteiger partial charge in [0.2, 0.25) is 0 Å². The summed E-state index contributed by atoms with van der Waals surface area (Å²) in [6, 6.07) is 2.08. The second-order valence-corrected chi connectivity index (χ2v) is 3.14. The molecule has 0 atom stereocenters. The number of nitrogens with two attached hydrogens (primary N) is 1. The molecule has 0 saturated heterocycles. The van der Waals surface area contributed by atoms with Gasteiger partial charge in [-0.1, -0.05) is 0 Å². The van der Waals surface area contributed by atoms with Gasteiger partial charge < -0.3 is 10.2 Å². The van der Waals surface area contributed by atoms with Crippen molar-refractivity contribution in [3.05, 3.63) is 35.5 Å². The van der Waals surface area contributed by atoms with Gasteiger partial charge in [-0.05, 0) is 24.6 Å². The van der Waals surface area contributed by atoms with Crippen LogP contribution < -0.4 is 5.73 Å². The second kappa shape index (κ2) is 3.34. The molecule has 2 aromatic rings. The first kappa shape index (κ1) is 9.64. The van der Waals surface area contributed by atoms with E-state index in [0.29, 0.717) is 0 Å². The van der Waals surface area contributed by atoms with Crippen molar-refractivity contribution in [2.45, 2.75) is 6.92 Å². The zero-order chi connectivity index (χ0) is 11.0. The van der Waals surface area contributed by atoms with E-state index in [2.05, 4.69) is 4.98 Å². The molecule has 2 rings (SSSR count). The zero-order valence-corrected chi connectivity index (χ0v) is 7.92. The highest BCUT2D eigenvalue weighted by molar-refractivity contribution is 5.58. The number of hydrogen-bond acceptors (Lipinski definition) is 3. The van der Waals surface area contributed by atoms with E-state index in [4.69, 9.17) is 10.2 Å². The first-order valence-corrected chi connectivity index (χ1v) is 4.25. The molecule has 0 radical (unpaired) electrons. The summed E-state index contributed by atoms with van der Waals surface area (Å²) in [4.78, 5) is 3.61. The molecule has 1 aromatic carbocycles. The number of halogens is 2. The van der Waals surface area contributed by atoms with Crippen molar-refractivity contribution < 1.29 is 13.2 Å². The molecule has 0 aliphatic heterocycles. The van der Waals surface area contributed by atoms with Crippen molar-refractivity contribution >= 4 is 6.01 Å². The molecule has 0 saturated carbocycles. The topological polar surface area (TPSA) is 52.0 Å². The third-order valence-corrected chi connectivity index (χ3v) is 2.04. The van der Waals surface area contributed by atoms with Crippen LogP contribution in [0.1, 0.15) is 5.56 Å². The Hall–Kier alpha value is -1.91. The Bertz CT molecular complexity index is 508. The quantitative estimate of drug-likeness (QED) is 0.786. The van der Waals surface area contributed by atoms with Gasteiger partial charge in [-0.15, -0.1) is 0 Å². The first-order valence-electron chi connectivity index (χ1n) is 4.25. The van der Waals surface area contributed by atoms with Crippen LogP contribution >= 0.6 is 0 Å². The number of nitrogen functional groups attached to an aromatic ring is 1. The Morgan fingerprint density at radius 3 is 2.60 bits per heavy atom. The predicted octanol–water partition coefficient (Wildman–Crippen LogP) is 2.51. The standard InChI is InChI=1S/C10H8F2N2O/c1-5-2-8(12)6(3-7(5)11)9-4-14-10(13)15-9/h2-4H,1H3,(H2,13,14). The molecular formula is C10H8F2N2O.